The molecule has 0 radical (unpaired) electrons. The second-order valence-electron chi connectivity index (χ2n) is 9.25. The van der Waals surface area contributed by atoms with Crippen LogP contribution in [0.1, 0.15) is 70.6 Å². The minimum absolute atomic E-state index is 0. The van der Waals surface area contributed by atoms with Crippen LogP contribution in [0.15, 0.2) is 0 Å². The Balaban J connectivity index is 0.00000210. The SMILES string of the molecule is Cl.NC1CC2CCCC(C1)C2NC(=O)C1CCCCC1C(=O)N1CCCC1. The number of likely N-dealkylation sites (tertiary alicyclic amines) is 1. The van der Waals surface area contributed by atoms with Gasteiger partial charge in [0.05, 0.1) is 0 Å². The zero-order chi connectivity index (χ0) is 18.1. The quantitative estimate of drug-likeness (QED) is 0.768. The van der Waals surface area contributed by atoms with Crippen molar-refractivity contribution in [2.24, 2.45) is 29.4 Å². The van der Waals surface area contributed by atoms with Crippen molar-refractivity contribution in [3.05, 3.63) is 0 Å². The number of nitrogens with one attached hydrogen (secondary N) is 1. The molecule has 1 aliphatic heterocycles. The third kappa shape index (κ3) is 4.45. The molecule has 3 saturated carbocycles. The normalized spacial score (nSPS) is 38.8. The molecule has 0 spiro atoms. The molecule has 0 aromatic carbocycles. The lowest BCUT2D eigenvalue weighted by Crippen LogP contribution is -2.56. The summed E-state index contributed by atoms with van der Waals surface area (Å²) in [5, 5.41) is 3.42. The Bertz CT molecular complexity index is 524. The van der Waals surface area contributed by atoms with Gasteiger partial charge in [0, 0.05) is 37.0 Å². The summed E-state index contributed by atoms with van der Waals surface area (Å²) >= 11 is 0. The Labute approximate surface area is 169 Å². The fourth-order valence-corrected chi connectivity index (χ4v) is 6.21. The molecule has 0 aromatic heterocycles. The lowest BCUT2D eigenvalue weighted by atomic mass is 9.66. The van der Waals surface area contributed by atoms with Gasteiger partial charge in [0.2, 0.25) is 11.8 Å². The molecular weight excluding hydrogens is 362 g/mol. The van der Waals surface area contributed by atoms with E-state index in [1.54, 1.807) is 0 Å². The van der Waals surface area contributed by atoms with Gasteiger partial charge >= 0.3 is 0 Å². The highest BCUT2D eigenvalue weighted by Gasteiger charge is 2.43. The van der Waals surface area contributed by atoms with Crippen LogP contribution in [-0.4, -0.2) is 41.9 Å². The number of carbonyl (C=O) groups is 2. The molecule has 3 aliphatic carbocycles. The van der Waals surface area contributed by atoms with Crippen LogP contribution >= 0.6 is 12.4 Å². The number of fused-ring (bicyclic) bond motifs is 2. The Morgan fingerprint density at radius 1 is 0.815 bits per heavy atom. The largest absolute Gasteiger partial charge is 0.353 e. The van der Waals surface area contributed by atoms with Gasteiger partial charge in [-0.3, -0.25) is 9.59 Å². The lowest BCUT2D eigenvalue weighted by molar-refractivity contribution is -0.143. The third-order valence-corrected chi connectivity index (χ3v) is 7.52. The number of rotatable bonds is 3. The van der Waals surface area contributed by atoms with Gasteiger partial charge in [-0.15, -0.1) is 12.4 Å². The molecule has 4 unspecified atom stereocenters. The Morgan fingerprint density at radius 2 is 1.41 bits per heavy atom. The first kappa shape index (κ1) is 20.9. The maximum atomic E-state index is 13.2. The second-order valence-corrected chi connectivity index (χ2v) is 9.25. The zero-order valence-corrected chi connectivity index (χ0v) is 17.2. The Kier molecular flexibility index (Phi) is 7.07. The van der Waals surface area contributed by atoms with E-state index in [0.717, 1.165) is 64.5 Å². The highest BCUT2D eigenvalue weighted by atomic mass is 35.5. The summed E-state index contributed by atoms with van der Waals surface area (Å²) in [6.07, 6.45) is 11.9. The minimum atomic E-state index is -0.117. The average molecular weight is 398 g/mol. The van der Waals surface area contributed by atoms with Crippen LogP contribution in [0.4, 0.5) is 0 Å². The van der Waals surface area contributed by atoms with Crippen molar-refractivity contribution in [3.8, 4) is 0 Å². The van der Waals surface area contributed by atoms with E-state index in [9.17, 15) is 9.59 Å². The second kappa shape index (κ2) is 9.13. The summed E-state index contributed by atoms with van der Waals surface area (Å²) in [7, 11) is 0. The van der Waals surface area contributed by atoms with Crippen molar-refractivity contribution in [3.63, 3.8) is 0 Å². The van der Waals surface area contributed by atoms with Gasteiger partial charge in [0.25, 0.3) is 0 Å². The maximum Gasteiger partial charge on any atom is 0.226 e. The number of hydrogen-bond donors (Lipinski definition) is 2. The van der Waals surface area contributed by atoms with Gasteiger partial charge in [-0.2, -0.15) is 0 Å². The van der Waals surface area contributed by atoms with Crippen LogP contribution in [0.5, 0.6) is 0 Å². The molecule has 4 aliphatic rings. The van der Waals surface area contributed by atoms with Crippen molar-refractivity contribution in [2.45, 2.75) is 82.7 Å². The van der Waals surface area contributed by atoms with Crippen molar-refractivity contribution >= 4 is 24.2 Å². The van der Waals surface area contributed by atoms with Gasteiger partial charge in [-0.25, -0.2) is 0 Å². The average Bonchev–Trinajstić information content (AvgIpc) is 3.16. The molecule has 4 atom stereocenters. The molecule has 1 saturated heterocycles. The van der Waals surface area contributed by atoms with E-state index < -0.39 is 0 Å². The molecule has 3 N–H and O–H groups in total. The topological polar surface area (TPSA) is 75.4 Å². The van der Waals surface area contributed by atoms with E-state index in [-0.39, 0.29) is 36.1 Å². The van der Waals surface area contributed by atoms with Crippen molar-refractivity contribution in [2.75, 3.05) is 13.1 Å². The number of hydrogen-bond acceptors (Lipinski definition) is 3. The molecule has 1 heterocycles. The molecule has 0 aromatic rings. The molecule has 6 heteroatoms. The minimum Gasteiger partial charge on any atom is -0.353 e. The van der Waals surface area contributed by atoms with Crippen molar-refractivity contribution in [1.82, 2.24) is 10.2 Å². The van der Waals surface area contributed by atoms with Crippen molar-refractivity contribution in [1.29, 1.82) is 0 Å². The van der Waals surface area contributed by atoms with E-state index in [1.807, 2.05) is 4.90 Å². The van der Waals surface area contributed by atoms with Gasteiger partial charge in [0.15, 0.2) is 0 Å². The molecular formula is C21H36ClN3O2. The standard InChI is InChI=1S/C21H35N3O2.ClH/c22-16-12-14-6-5-7-15(13-16)19(14)23-20(25)17-8-1-2-9-18(17)21(26)24-10-3-4-11-24;/h14-19H,1-13,22H2,(H,23,25);1H. The van der Waals surface area contributed by atoms with Crippen LogP contribution < -0.4 is 11.1 Å². The summed E-state index contributed by atoms with van der Waals surface area (Å²) < 4.78 is 0. The van der Waals surface area contributed by atoms with E-state index >= 15 is 0 Å². The highest BCUT2D eigenvalue weighted by molar-refractivity contribution is 5.88. The van der Waals surface area contributed by atoms with Crippen LogP contribution in [0, 0.1) is 23.7 Å². The molecule has 2 bridgehead atoms. The van der Waals surface area contributed by atoms with Crippen LogP contribution in [0.2, 0.25) is 0 Å². The number of carbonyl (C=O) groups excluding carboxylic acids is 2. The molecule has 4 rings (SSSR count). The van der Waals surface area contributed by atoms with E-state index in [0.29, 0.717) is 23.9 Å². The molecule has 154 valence electrons. The summed E-state index contributed by atoms with van der Waals surface area (Å²) in [6.45, 7) is 1.77. The van der Waals surface area contributed by atoms with Gasteiger partial charge in [0.1, 0.15) is 0 Å². The lowest BCUT2D eigenvalue weighted by Gasteiger charge is -2.46. The number of nitrogens with zero attached hydrogens (tertiary/aromatic N) is 1. The first-order valence-electron chi connectivity index (χ1n) is 11.0. The van der Waals surface area contributed by atoms with Gasteiger partial charge < -0.3 is 16.0 Å². The van der Waals surface area contributed by atoms with Crippen molar-refractivity contribution < 1.29 is 9.59 Å². The summed E-state index contributed by atoms with van der Waals surface area (Å²) in [5.41, 5.74) is 6.23. The molecule has 27 heavy (non-hydrogen) atoms. The van der Waals surface area contributed by atoms with Crippen LogP contribution in [0.25, 0.3) is 0 Å². The predicted octanol–water partition coefficient (Wildman–Crippen LogP) is 2.86. The summed E-state index contributed by atoms with van der Waals surface area (Å²) in [6, 6.07) is 0.596. The van der Waals surface area contributed by atoms with Crippen LogP contribution in [0.3, 0.4) is 0 Å². The molecule has 5 nitrogen and oxygen atoms in total. The maximum absolute atomic E-state index is 13.2. The number of nitrogens with two attached hydrogens (primary N) is 1. The highest BCUT2D eigenvalue weighted by Crippen LogP contribution is 2.40. The van der Waals surface area contributed by atoms with Gasteiger partial charge in [-0.05, 0) is 63.2 Å². The zero-order valence-electron chi connectivity index (χ0n) is 16.4. The molecule has 4 fully saturated rings. The first-order valence-corrected chi connectivity index (χ1v) is 11.0. The number of amides is 2. The molecule has 2 amide bonds. The fourth-order valence-electron chi connectivity index (χ4n) is 6.21. The third-order valence-electron chi connectivity index (χ3n) is 7.52. The number of halogens is 1. The van der Waals surface area contributed by atoms with E-state index in [2.05, 4.69) is 5.32 Å². The fraction of sp³-hybridized carbons (Fsp3) is 0.905. The monoisotopic (exact) mass is 397 g/mol. The Morgan fingerprint density at radius 3 is 2.04 bits per heavy atom. The first-order chi connectivity index (χ1) is 12.6. The summed E-state index contributed by atoms with van der Waals surface area (Å²) in [4.78, 5) is 28.2. The van der Waals surface area contributed by atoms with Crippen LogP contribution in [-0.2, 0) is 9.59 Å². The van der Waals surface area contributed by atoms with Gasteiger partial charge in [-0.1, -0.05) is 19.3 Å². The summed E-state index contributed by atoms with van der Waals surface area (Å²) in [5.74, 6) is 1.27. The van der Waals surface area contributed by atoms with E-state index in [4.69, 9.17) is 5.73 Å². The van der Waals surface area contributed by atoms with E-state index in [1.165, 1.54) is 19.3 Å². The Hall–Kier alpha value is -0.810. The predicted molar refractivity (Wildman–Crippen MR) is 108 cm³/mol. The smallest absolute Gasteiger partial charge is 0.226 e.